The summed E-state index contributed by atoms with van der Waals surface area (Å²) in [5.41, 5.74) is 8.92. The molecule has 0 spiro atoms. The van der Waals surface area contributed by atoms with Crippen LogP contribution in [0.4, 0.5) is 0 Å². The molecule has 18 nitrogen and oxygen atoms in total. The van der Waals surface area contributed by atoms with Gasteiger partial charge in [0, 0.05) is 56.3 Å². The number of hydrogen-bond donors (Lipinski definition) is 5. The van der Waals surface area contributed by atoms with Gasteiger partial charge in [-0.2, -0.15) is 21.4 Å². The first-order valence-corrected chi connectivity index (χ1v) is 27.5. The first-order valence-electron chi connectivity index (χ1n) is 22.6. The molecule has 4 rings (SSSR count). The fourth-order valence-electron chi connectivity index (χ4n) is 8.32. The molecule has 372 valence electrons. The lowest BCUT2D eigenvalue weighted by Crippen LogP contribution is -2.48. The predicted octanol–water partition coefficient (Wildman–Crippen LogP) is 3.76. The maximum Gasteiger partial charge on any atom is 0.345 e. The van der Waals surface area contributed by atoms with Crippen LogP contribution in [0.3, 0.4) is 0 Å². The van der Waals surface area contributed by atoms with Gasteiger partial charge in [0.2, 0.25) is 21.1 Å². The van der Waals surface area contributed by atoms with E-state index in [4.69, 9.17) is 19.8 Å². The molecule has 0 aliphatic rings. The monoisotopic (exact) mass is 995 g/mol. The summed E-state index contributed by atoms with van der Waals surface area (Å²) in [6, 6.07) is 16.1. The number of quaternary nitrogens is 2. The molecule has 3 aromatic carbocycles. The van der Waals surface area contributed by atoms with E-state index < -0.39 is 36.2 Å². The van der Waals surface area contributed by atoms with Crippen molar-refractivity contribution in [1.82, 2.24) is 10.0 Å². The third-order valence-corrected chi connectivity index (χ3v) is 14.7. The number of nitrogens with zero attached hydrogens (tertiary/aromatic N) is 3. The summed E-state index contributed by atoms with van der Waals surface area (Å²) in [7, 11) is -6.10. The van der Waals surface area contributed by atoms with Crippen molar-refractivity contribution < 1.29 is 67.0 Å². The number of rotatable bonds is 28. The van der Waals surface area contributed by atoms with Gasteiger partial charge < -0.3 is 29.5 Å². The molecule has 1 amide bonds. The van der Waals surface area contributed by atoms with Gasteiger partial charge in [-0.05, 0) is 75.7 Å². The molecule has 0 saturated carbocycles. The number of amides is 1. The van der Waals surface area contributed by atoms with Crippen molar-refractivity contribution >= 4 is 63.9 Å². The number of sulfonamides is 1. The average Bonchev–Trinajstić information content (AvgIpc) is 3.21. The SMILES string of the molecule is Cc1cc(C(=O)NCCC[N+](C)(CCCN)CCCS(=O)(=O)O)cc(C)c1OC(=O)c1c2ccccc2[n+](CCCS(=O)(=O)NCC[N+](C)(C)CCCS(=O)(=O)O)c2ccc(OC(C)C)cc12. The van der Waals surface area contributed by atoms with Crippen molar-refractivity contribution in [2.75, 3.05) is 90.8 Å². The van der Waals surface area contributed by atoms with E-state index >= 15 is 0 Å². The number of benzene rings is 3. The van der Waals surface area contributed by atoms with Crippen molar-refractivity contribution in [2.24, 2.45) is 5.73 Å². The van der Waals surface area contributed by atoms with Crippen molar-refractivity contribution in [3.8, 4) is 11.5 Å². The minimum absolute atomic E-state index is 0.146. The Morgan fingerprint density at radius 2 is 1.33 bits per heavy atom. The quantitative estimate of drug-likeness (QED) is 0.0104. The minimum atomic E-state index is -4.08. The van der Waals surface area contributed by atoms with Gasteiger partial charge in [0.1, 0.15) is 11.5 Å². The standard InChI is InChI=1S/C46H68N6O12S3/c1-34(2)63-38-17-18-42-40(33-38)43(39-15-8-9-16-41(39)50(42)22-12-28-65(55,56)49-21-27-51(5,6)23-13-29-66(57,58)59)46(54)64-44-35(3)31-37(32-36(44)4)45(53)48-20-11-25-52(7,24-10-19-47)26-14-30-67(60,61)62/h8-9,15-18,31-34,49H,10-14,19-30,47H2,1-7H3/p+3. The number of likely N-dealkylation sites (N-methyl/N-ethyl adjacent to an activating group) is 1. The first-order chi connectivity index (χ1) is 31.2. The van der Waals surface area contributed by atoms with Gasteiger partial charge in [-0.3, -0.25) is 13.9 Å². The summed E-state index contributed by atoms with van der Waals surface area (Å²) >= 11 is 0. The Hall–Kier alpha value is -4.32. The number of ether oxygens (including phenoxy) is 2. The molecule has 4 aromatic rings. The topological polar surface area (TPSA) is 249 Å². The summed E-state index contributed by atoms with van der Waals surface area (Å²) in [4.78, 5) is 27.9. The third kappa shape index (κ3) is 17.6. The number of carbonyl (C=O) groups excluding carboxylic acids is 2. The van der Waals surface area contributed by atoms with Crippen LogP contribution in [0.2, 0.25) is 0 Å². The molecule has 1 atom stereocenters. The first kappa shape index (κ1) is 55.3. The number of carbonyl (C=O) groups is 2. The summed E-state index contributed by atoms with van der Waals surface area (Å²) in [5, 5.41) is 4.09. The molecule has 0 bridgehead atoms. The lowest BCUT2D eigenvalue weighted by Gasteiger charge is -2.34. The smallest absolute Gasteiger partial charge is 0.345 e. The maximum atomic E-state index is 14.5. The zero-order valence-electron chi connectivity index (χ0n) is 39.9. The lowest BCUT2D eigenvalue weighted by molar-refractivity contribution is -0.909. The Bertz CT molecular complexity index is 2690. The van der Waals surface area contributed by atoms with Gasteiger partial charge in [-0.1, -0.05) is 12.1 Å². The number of para-hydroxylation sites is 1. The van der Waals surface area contributed by atoms with Gasteiger partial charge in [-0.15, -0.1) is 0 Å². The average molecular weight is 996 g/mol. The van der Waals surface area contributed by atoms with Gasteiger partial charge in [0.15, 0.2) is 6.54 Å². The largest absolute Gasteiger partial charge is 0.491 e. The van der Waals surface area contributed by atoms with Crippen LogP contribution in [0.25, 0.3) is 21.8 Å². The number of nitrogens with two attached hydrogens (primary N) is 1. The van der Waals surface area contributed by atoms with Gasteiger partial charge in [-0.25, -0.2) is 17.9 Å². The Balaban J connectivity index is 1.53. The highest BCUT2D eigenvalue weighted by molar-refractivity contribution is 7.89. The lowest BCUT2D eigenvalue weighted by atomic mass is 10.0. The van der Waals surface area contributed by atoms with E-state index in [0.717, 1.165) is 13.0 Å². The van der Waals surface area contributed by atoms with Crippen LogP contribution in [-0.4, -0.2) is 152 Å². The molecule has 6 N–H and O–H groups in total. The molecule has 1 heterocycles. The summed E-state index contributed by atoms with van der Waals surface area (Å²) in [5.74, 6) is -0.940. The summed E-state index contributed by atoms with van der Waals surface area (Å²) < 4.78 is 107. The highest BCUT2D eigenvalue weighted by Crippen LogP contribution is 2.32. The zero-order chi connectivity index (χ0) is 49.8. The second-order valence-corrected chi connectivity index (χ2v) is 23.6. The number of aryl methyl sites for hydroxylation is 3. The van der Waals surface area contributed by atoms with Crippen molar-refractivity contribution in [1.29, 1.82) is 0 Å². The highest BCUT2D eigenvalue weighted by Gasteiger charge is 2.28. The molecule has 67 heavy (non-hydrogen) atoms. The minimum Gasteiger partial charge on any atom is -0.491 e. The van der Waals surface area contributed by atoms with Gasteiger partial charge in [0.25, 0.3) is 26.1 Å². The third-order valence-electron chi connectivity index (χ3n) is 11.6. The van der Waals surface area contributed by atoms with Crippen molar-refractivity contribution in [3.63, 3.8) is 0 Å². The summed E-state index contributed by atoms with van der Waals surface area (Å²) in [6.07, 6.45) is 1.99. The predicted molar refractivity (Wildman–Crippen MR) is 260 cm³/mol. The van der Waals surface area contributed by atoms with E-state index in [-0.39, 0.29) is 54.2 Å². The molecule has 0 fully saturated rings. The second kappa shape index (κ2) is 23.8. The van der Waals surface area contributed by atoms with E-state index in [9.17, 15) is 39.4 Å². The number of aromatic nitrogens is 1. The number of fused-ring (bicyclic) bond motifs is 2. The molecular formula is C46H71N6O12S3+3. The fourth-order valence-corrected chi connectivity index (χ4v) is 10.4. The molecular weight excluding hydrogens is 925 g/mol. The van der Waals surface area contributed by atoms with Crippen LogP contribution in [0.1, 0.15) is 77.8 Å². The van der Waals surface area contributed by atoms with Crippen LogP contribution in [0.15, 0.2) is 54.6 Å². The van der Waals surface area contributed by atoms with E-state index in [1.54, 1.807) is 32.0 Å². The Morgan fingerprint density at radius 3 is 1.96 bits per heavy atom. The molecule has 1 unspecified atom stereocenters. The fraction of sp³-hybridized carbons (Fsp3) is 0.543. The molecule has 1 aromatic heterocycles. The molecule has 21 heteroatoms. The zero-order valence-corrected chi connectivity index (χ0v) is 42.4. The highest BCUT2D eigenvalue weighted by atomic mass is 32.2. The molecule has 0 saturated heterocycles. The Morgan fingerprint density at radius 1 is 0.731 bits per heavy atom. The van der Waals surface area contributed by atoms with Crippen LogP contribution in [0, 0.1) is 13.8 Å². The van der Waals surface area contributed by atoms with E-state index in [1.165, 1.54) is 0 Å². The van der Waals surface area contributed by atoms with E-state index in [2.05, 4.69) is 10.0 Å². The number of esters is 1. The Labute approximate surface area is 396 Å². The second-order valence-electron chi connectivity index (χ2n) is 18.5. The normalized spacial score (nSPS) is 13.5. The van der Waals surface area contributed by atoms with Gasteiger partial charge in [0.05, 0.1) is 100 Å². The molecule has 0 aliphatic heterocycles. The van der Waals surface area contributed by atoms with Crippen molar-refractivity contribution in [3.05, 3.63) is 76.9 Å². The number of hydrogen-bond acceptors (Lipinski definition) is 11. The van der Waals surface area contributed by atoms with Gasteiger partial charge >= 0.3 is 5.97 Å². The number of nitrogens with one attached hydrogen (secondary N) is 2. The van der Waals surface area contributed by atoms with E-state index in [0.29, 0.717) is 118 Å². The molecule has 0 aliphatic carbocycles. The van der Waals surface area contributed by atoms with E-state index in [1.807, 2.05) is 76.0 Å². The molecule has 0 radical (unpaired) electrons. The Kier molecular flexibility index (Phi) is 19.6. The van der Waals surface area contributed by atoms with Crippen LogP contribution in [0.5, 0.6) is 11.5 Å². The maximum absolute atomic E-state index is 14.5. The van der Waals surface area contributed by atoms with Crippen molar-refractivity contribution in [2.45, 2.75) is 72.4 Å². The van der Waals surface area contributed by atoms with Crippen LogP contribution in [-0.2, 0) is 36.8 Å². The number of pyridine rings is 1. The summed E-state index contributed by atoms with van der Waals surface area (Å²) in [6.45, 7) is 11.4. The van der Waals surface area contributed by atoms with Crippen LogP contribution >= 0.6 is 0 Å². The van der Waals surface area contributed by atoms with Crippen LogP contribution < -0.4 is 29.8 Å².